The van der Waals surface area contributed by atoms with Crippen molar-refractivity contribution >= 4 is 5.97 Å². The predicted octanol–water partition coefficient (Wildman–Crippen LogP) is 3.16. The fourth-order valence-corrected chi connectivity index (χ4v) is 1.53. The van der Waals surface area contributed by atoms with Gasteiger partial charge in [-0.3, -0.25) is 4.79 Å². The summed E-state index contributed by atoms with van der Waals surface area (Å²) in [6.45, 7) is 7.61. The number of carbonyl (C=O) groups is 1. The molecule has 1 rings (SSSR count). The maximum atomic E-state index is 11.8. The lowest BCUT2D eigenvalue weighted by molar-refractivity contribution is -0.190. The van der Waals surface area contributed by atoms with Crippen molar-refractivity contribution < 1.29 is 19.0 Å². The van der Waals surface area contributed by atoms with Gasteiger partial charge in [0.15, 0.2) is 6.29 Å². The van der Waals surface area contributed by atoms with Crippen LogP contribution < -0.4 is 4.74 Å². The molecule has 0 aliphatic carbocycles. The molecule has 1 aromatic carbocycles. The molecule has 4 heteroatoms. The van der Waals surface area contributed by atoms with Crippen molar-refractivity contribution in [1.82, 2.24) is 0 Å². The number of para-hydroxylation sites is 1. The van der Waals surface area contributed by atoms with Gasteiger partial charge in [0.25, 0.3) is 0 Å². The highest BCUT2D eigenvalue weighted by molar-refractivity contribution is 5.72. The molecule has 0 fully saturated rings. The van der Waals surface area contributed by atoms with Crippen LogP contribution in [0.4, 0.5) is 0 Å². The molecule has 0 saturated heterocycles. The second-order valence-electron chi connectivity index (χ2n) is 4.79. The third-order valence-electron chi connectivity index (χ3n) is 2.16. The quantitative estimate of drug-likeness (QED) is 0.432. The molecule has 0 saturated carbocycles. The van der Waals surface area contributed by atoms with Gasteiger partial charge in [-0.2, -0.15) is 0 Å². The van der Waals surface area contributed by atoms with E-state index in [4.69, 9.17) is 14.2 Å². The zero-order valence-electron chi connectivity index (χ0n) is 12.0. The first-order valence-electron chi connectivity index (χ1n) is 6.54. The van der Waals surface area contributed by atoms with Crippen LogP contribution in [0.15, 0.2) is 30.3 Å². The lowest BCUT2D eigenvalue weighted by atomic mass is 10.3. The number of hydrogen-bond donors (Lipinski definition) is 0. The summed E-state index contributed by atoms with van der Waals surface area (Å²) in [5, 5.41) is 0. The van der Waals surface area contributed by atoms with E-state index >= 15 is 0 Å². The third-order valence-corrected chi connectivity index (χ3v) is 2.16. The zero-order valence-corrected chi connectivity index (χ0v) is 12.0. The molecule has 0 aromatic heterocycles. The molecule has 106 valence electrons. The number of ether oxygens (including phenoxy) is 3. The van der Waals surface area contributed by atoms with Gasteiger partial charge in [0, 0.05) is 0 Å². The summed E-state index contributed by atoms with van der Waals surface area (Å²) >= 11 is 0. The molecular formula is C15H22O4. The number of esters is 1. The van der Waals surface area contributed by atoms with Crippen molar-refractivity contribution in [1.29, 1.82) is 0 Å². The number of hydrogen-bond acceptors (Lipinski definition) is 4. The van der Waals surface area contributed by atoms with E-state index in [2.05, 4.69) is 0 Å². The smallest absolute Gasteiger partial charge is 0.316 e. The second-order valence-corrected chi connectivity index (χ2v) is 4.79. The summed E-state index contributed by atoms with van der Waals surface area (Å²) in [6, 6.07) is 8.97. The molecule has 0 aliphatic rings. The minimum Gasteiger partial charge on any atom is -0.426 e. The average molecular weight is 266 g/mol. The van der Waals surface area contributed by atoms with Gasteiger partial charge >= 0.3 is 5.97 Å². The molecular weight excluding hydrogens is 244 g/mol. The SMILES string of the molecule is CC(C)OC(CC(=O)Oc1ccccc1)OC(C)C. The van der Waals surface area contributed by atoms with E-state index in [-0.39, 0.29) is 24.6 Å². The Hall–Kier alpha value is -1.39. The monoisotopic (exact) mass is 266 g/mol. The normalized spacial score (nSPS) is 11.3. The number of rotatable bonds is 7. The van der Waals surface area contributed by atoms with Crippen LogP contribution in [0.3, 0.4) is 0 Å². The Bertz CT molecular complexity index is 363. The standard InChI is InChI=1S/C15H22O4/c1-11(2)17-15(18-12(3)4)10-14(16)19-13-8-6-5-7-9-13/h5-9,11-12,15H,10H2,1-4H3. The van der Waals surface area contributed by atoms with Crippen LogP contribution in [-0.4, -0.2) is 24.5 Å². The number of benzene rings is 1. The highest BCUT2D eigenvalue weighted by atomic mass is 16.7. The predicted molar refractivity (Wildman–Crippen MR) is 72.9 cm³/mol. The van der Waals surface area contributed by atoms with Gasteiger partial charge in [0.05, 0.1) is 18.6 Å². The largest absolute Gasteiger partial charge is 0.426 e. The lowest BCUT2D eigenvalue weighted by Gasteiger charge is -2.22. The van der Waals surface area contributed by atoms with Crippen LogP contribution in [0.2, 0.25) is 0 Å². The van der Waals surface area contributed by atoms with E-state index in [0.29, 0.717) is 5.75 Å². The van der Waals surface area contributed by atoms with Crippen molar-refractivity contribution in [2.45, 2.75) is 52.6 Å². The molecule has 0 unspecified atom stereocenters. The van der Waals surface area contributed by atoms with E-state index in [9.17, 15) is 4.79 Å². The number of carbonyl (C=O) groups excluding carboxylic acids is 1. The maximum absolute atomic E-state index is 11.8. The minimum atomic E-state index is -0.573. The first kappa shape index (κ1) is 15.7. The van der Waals surface area contributed by atoms with E-state index in [1.807, 2.05) is 45.9 Å². The van der Waals surface area contributed by atoms with Gasteiger partial charge < -0.3 is 14.2 Å². The summed E-state index contributed by atoms with van der Waals surface area (Å²) in [5.41, 5.74) is 0. The van der Waals surface area contributed by atoms with Gasteiger partial charge in [-0.05, 0) is 39.8 Å². The first-order chi connectivity index (χ1) is 8.97. The lowest BCUT2D eigenvalue weighted by Crippen LogP contribution is -2.28. The highest BCUT2D eigenvalue weighted by Crippen LogP contribution is 2.13. The van der Waals surface area contributed by atoms with Crippen LogP contribution in [0, 0.1) is 0 Å². The van der Waals surface area contributed by atoms with Crippen molar-refractivity contribution in [2.24, 2.45) is 0 Å². The Morgan fingerprint density at radius 2 is 1.53 bits per heavy atom. The zero-order chi connectivity index (χ0) is 14.3. The van der Waals surface area contributed by atoms with E-state index in [1.165, 1.54) is 0 Å². The average Bonchev–Trinajstić information content (AvgIpc) is 2.27. The fraction of sp³-hybridized carbons (Fsp3) is 0.533. The second kappa shape index (κ2) is 7.92. The van der Waals surface area contributed by atoms with Crippen LogP contribution in [-0.2, 0) is 14.3 Å². The van der Waals surface area contributed by atoms with Gasteiger partial charge in [-0.1, -0.05) is 18.2 Å². The molecule has 0 bridgehead atoms. The van der Waals surface area contributed by atoms with Crippen molar-refractivity contribution in [3.8, 4) is 5.75 Å². The van der Waals surface area contributed by atoms with Gasteiger partial charge in [-0.15, -0.1) is 0 Å². The molecule has 19 heavy (non-hydrogen) atoms. The molecule has 0 spiro atoms. The first-order valence-corrected chi connectivity index (χ1v) is 6.54. The summed E-state index contributed by atoms with van der Waals surface area (Å²) in [5.74, 6) is 0.165. The van der Waals surface area contributed by atoms with Crippen LogP contribution >= 0.6 is 0 Å². The Balaban J connectivity index is 2.50. The van der Waals surface area contributed by atoms with Crippen molar-refractivity contribution in [3.63, 3.8) is 0 Å². The Kier molecular flexibility index (Phi) is 6.53. The molecule has 0 aliphatic heterocycles. The molecule has 0 N–H and O–H groups in total. The van der Waals surface area contributed by atoms with Crippen LogP contribution in [0.1, 0.15) is 34.1 Å². The summed E-state index contributed by atoms with van der Waals surface area (Å²) in [4.78, 5) is 11.8. The Morgan fingerprint density at radius 3 is 2.00 bits per heavy atom. The highest BCUT2D eigenvalue weighted by Gasteiger charge is 2.19. The third kappa shape index (κ3) is 6.94. The summed E-state index contributed by atoms with van der Waals surface area (Å²) < 4.78 is 16.3. The Morgan fingerprint density at radius 1 is 1.00 bits per heavy atom. The molecule has 1 aromatic rings. The maximum Gasteiger partial charge on any atom is 0.316 e. The van der Waals surface area contributed by atoms with E-state index in [0.717, 1.165) is 0 Å². The van der Waals surface area contributed by atoms with Gasteiger partial charge in [0.1, 0.15) is 5.75 Å². The molecule has 4 nitrogen and oxygen atoms in total. The minimum absolute atomic E-state index is 0.00623. The van der Waals surface area contributed by atoms with E-state index in [1.54, 1.807) is 12.1 Å². The molecule has 0 heterocycles. The summed E-state index contributed by atoms with van der Waals surface area (Å²) in [7, 11) is 0. The molecule has 0 radical (unpaired) electrons. The topological polar surface area (TPSA) is 44.8 Å². The van der Waals surface area contributed by atoms with Crippen LogP contribution in [0.5, 0.6) is 5.75 Å². The van der Waals surface area contributed by atoms with E-state index < -0.39 is 6.29 Å². The molecule has 0 amide bonds. The van der Waals surface area contributed by atoms with Crippen molar-refractivity contribution in [2.75, 3.05) is 0 Å². The summed E-state index contributed by atoms with van der Waals surface area (Å²) in [6.07, 6.45) is -0.511. The van der Waals surface area contributed by atoms with Gasteiger partial charge in [0.2, 0.25) is 0 Å². The van der Waals surface area contributed by atoms with Crippen LogP contribution in [0.25, 0.3) is 0 Å². The Labute approximate surface area is 114 Å². The molecule has 0 atom stereocenters. The van der Waals surface area contributed by atoms with Crippen molar-refractivity contribution in [3.05, 3.63) is 30.3 Å². The van der Waals surface area contributed by atoms with Gasteiger partial charge in [-0.25, -0.2) is 0 Å². The fourth-order valence-electron chi connectivity index (χ4n) is 1.53.